The third-order valence-corrected chi connectivity index (χ3v) is 3.36. The van der Waals surface area contributed by atoms with Crippen LogP contribution in [0, 0.1) is 5.82 Å². The van der Waals surface area contributed by atoms with Gasteiger partial charge in [0.2, 0.25) is 0 Å². The van der Waals surface area contributed by atoms with Crippen LogP contribution in [0.1, 0.15) is 5.56 Å². The van der Waals surface area contributed by atoms with E-state index < -0.39 is 16.1 Å². The minimum Gasteiger partial charge on any atom is -0.504 e. The van der Waals surface area contributed by atoms with Crippen LogP contribution < -0.4 is 8.91 Å². The van der Waals surface area contributed by atoms with E-state index in [0.29, 0.717) is 0 Å². The first kappa shape index (κ1) is 14.3. The highest BCUT2D eigenvalue weighted by Gasteiger charge is 2.15. The summed E-state index contributed by atoms with van der Waals surface area (Å²) in [4.78, 5) is 0. The van der Waals surface area contributed by atoms with Crippen molar-refractivity contribution >= 4 is 10.3 Å². The average molecular weight is 297 g/mol. The molecule has 0 aliphatic heterocycles. The Labute approximate surface area is 115 Å². The summed E-state index contributed by atoms with van der Waals surface area (Å²) in [7, 11) is -4.15. The van der Waals surface area contributed by atoms with Gasteiger partial charge in [0.05, 0.1) is 0 Å². The fourth-order valence-electron chi connectivity index (χ4n) is 1.48. The second-order valence-corrected chi connectivity index (χ2v) is 5.28. The molecule has 0 spiro atoms. The fraction of sp³-hybridized carbons (Fsp3) is 0.0769. The van der Waals surface area contributed by atoms with E-state index in [0.717, 1.165) is 0 Å². The van der Waals surface area contributed by atoms with Crippen LogP contribution in [0.15, 0.2) is 48.5 Å². The average Bonchev–Trinajstić information content (AvgIpc) is 2.40. The number of hydrogen-bond acceptors (Lipinski definition) is 4. The van der Waals surface area contributed by atoms with Crippen LogP contribution in [-0.2, 0) is 16.8 Å². The number of rotatable bonds is 5. The van der Waals surface area contributed by atoms with Crippen molar-refractivity contribution in [3.8, 4) is 11.5 Å². The van der Waals surface area contributed by atoms with Crippen LogP contribution in [-0.4, -0.2) is 13.5 Å². The molecule has 0 unspecified atom stereocenters. The normalized spacial score (nSPS) is 11.2. The summed E-state index contributed by atoms with van der Waals surface area (Å²) in [6, 6.07) is 11.4. The van der Waals surface area contributed by atoms with Gasteiger partial charge in [-0.1, -0.05) is 30.3 Å². The Hall–Kier alpha value is -2.12. The molecule has 0 aromatic heterocycles. The van der Waals surface area contributed by atoms with Gasteiger partial charge >= 0.3 is 10.3 Å². The standard InChI is InChI=1S/C13H12FNO4S/c14-11-6-2-1-5-10(11)9-15-20(17,18)19-13-8-4-3-7-12(13)16/h1-8,15-16H,9H2. The lowest BCUT2D eigenvalue weighted by Crippen LogP contribution is -2.28. The monoisotopic (exact) mass is 297 g/mol. The van der Waals surface area contributed by atoms with Crippen molar-refractivity contribution in [3.63, 3.8) is 0 Å². The smallest absolute Gasteiger partial charge is 0.383 e. The van der Waals surface area contributed by atoms with E-state index in [-0.39, 0.29) is 23.6 Å². The molecular weight excluding hydrogens is 285 g/mol. The molecule has 0 saturated carbocycles. The van der Waals surface area contributed by atoms with Crippen molar-refractivity contribution in [2.24, 2.45) is 0 Å². The van der Waals surface area contributed by atoms with Crippen molar-refractivity contribution in [2.75, 3.05) is 0 Å². The van der Waals surface area contributed by atoms with E-state index >= 15 is 0 Å². The van der Waals surface area contributed by atoms with E-state index in [1.54, 1.807) is 6.07 Å². The first-order valence-electron chi connectivity index (χ1n) is 5.68. The summed E-state index contributed by atoms with van der Waals surface area (Å²) in [5.41, 5.74) is 0.192. The summed E-state index contributed by atoms with van der Waals surface area (Å²) in [6.45, 7) is -0.247. The number of halogens is 1. The summed E-state index contributed by atoms with van der Waals surface area (Å²) in [6.07, 6.45) is 0. The number of benzene rings is 2. The molecule has 5 nitrogen and oxygen atoms in total. The number of hydrogen-bond donors (Lipinski definition) is 2. The third kappa shape index (κ3) is 3.69. The molecule has 0 saturated heterocycles. The van der Waals surface area contributed by atoms with E-state index in [1.807, 2.05) is 0 Å². The second-order valence-electron chi connectivity index (χ2n) is 3.92. The molecule has 7 heteroatoms. The number of phenols is 1. The van der Waals surface area contributed by atoms with Crippen molar-refractivity contribution in [3.05, 3.63) is 59.9 Å². The topological polar surface area (TPSA) is 75.6 Å². The molecule has 20 heavy (non-hydrogen) atoms. The zero-order chi connectivity index (χ0) is 14.6. The third-order valence-electron chi connectivity index (χ3n) is 2.46. The molecule has 0 aliphatic rings. The molecule has 2 aromatic rings. The van der Waals surface area contributed by atoms with Gasteiger partial charge in [0.25, 0.3) is 0 Å². The quantitative estimate of drug-likeness (QED) is 0.884. The van der Waals surface area contributed by atoms with E-state index in [9.17, 15) is 17.9 Å². The summed E-state index contributed by atoms with van der Waals surface area (Å²) >= 11 is 0. The Balaban J connectivity index is 2.05. The minimum absolute atomic E-state index is 0.192. The van der Waals surface area contributed by atoms with Crippen LogP contribution in [0.25, 0.3) is 0 Å². The van der Waals surface area contributed by atoms with E-state index in [1.165, 1.54) is 42.5 Å². The van der Waals surface area contributed by atoms with Crippen LogP contribution in [0.2, 0.25) is 0 Å². The maximum absolute atomic E-state index is 13.3. The molecule has 0 radical (unpaired) electrons. The fourth-order valence-corrected chi connectivity index (χ4v) is 2.25. The molecule has 2 rings (SSSR count). The first-order valence-corrected chi connectivity index (χ1v) is 7.09. The highest BCUT2D eigenvalue weighted by atomic mass is 32.2. The second kappa shape index (κ2) is 5.89. The Morgan fingerprint density at radius 3 is 2.45 bits per heavy atom. The van der Waals surface area contributed by atoms with Crippen molar-refractivity contribution in [1.82, 2.24) is 4.72 Å². The molecule has 0 heterocycles. The molecular formula is C13H12FNO4S. The van der Waals surface area contributed by atoms with Gasteiger partial charge in [0.15, 0.2) is 11.5 Å². The van der Waals surface area contributed by atoms with Crippen LogP contribution in [0.3, 0.4) is 0 Å². The molecule has 2 aromatic carbocycles. The predicted octanol–water partition coefficient (Wildman–Crippen LogP) is 1.94. The molecule has 0 atom stereocenters. The molecule has 106 valence electrons. The van der Waals surface area contributed by atoms with Crippen LogP contribution in [0.4, 0.5) is 4.39 Å². The number of phenolic OH excluding ortho intramolecular Hbond substituents is 1. The minimum atomic E-state index is -4.15. The van der Waals surface area contributed by atoms with Gasteiger partial charge in [-0.05, 0) is 18.2 Å². The molecule has 0 aliphatic carbocycles. The molecule has 2 N–H and O–H groups in total. The van der Waals surface area contributed by atoms with Crippen molar-refractivity contribution < 1.29 is 22.1 Å². The van der Waals surface area contributed by atoms with Crippen LogP contribution >= 0.6 is 0 Å². The van der Waals surface area contributed by atoms with Gasteiger partial charge in [0.1, 0.15) is 5.82 Å². The van der Waals surface area contributed by atoms with E-state index in [4.69, 9.17) is 0 Å². The zero-order valence-corrected chi connectivity index (χ0v) is 11.1. The number of para-hydroxylation sites is 2. The van der Waals surface area contributed by atoms with Gasteiger partial charge in [-0.15, -0.1) is 0 Å². The Kier molecular flexibility index (Phi) is 4.21. The predicted molar refractivity (Wildman–Crippen MR) is 70.9 cm³/mol. The lowest BCUT2D eigenvalue weighted by molar-refractivity contribution is 0.422. The molecule has 0 fully saturated rings. The summed E-state index contributed by atoms with van der Waals surface area (Å²) < 4.78 is 43.5. The first-order chi connectivity index (χ1) is 9.48. The van der Waals surface area contributed by atoms with E-state index in [2.05, 4.69) is 8.91 Å². The largest absolute Gasteiger partial charge is 0.504 e. The molecule has 0 amide bonds. The summed E-state index contributed by atoms with van der Waals surface area (Å²) in [5.74, 6) is -1.02. The lowest BCUT2D eigenvalue weighted by atomic mass is 10.2. The van der Waals surface area contributed by atoms with Crippen molar-refractivity contribution in [1.29, 1.82) is 0 Å². The summed E-state index contributed by atoms with van der Waals surface area (Å²) in [5, 5.41) is 9.43. The van der Waals surface area contributed by atoms with Gasteiger partial charge < -0.3 is 9.29 Å². The molecule has 0 bridgehead atoms. The van der Waals surface area contributed by atoms with Gasteiger partial charge in [-0.3, -0.25) is 0 Å². The highest BCUT2D eigenvalue weighted by Crippen LogP contribution is 2.25. The number of nitrogens with one attached hydrogen (secondary N) is 1. The highest BCUT2D eigenvalue weighted by molar-refractivity contribution is 7.85. The number of aromatic hydroxyl groups is 1. The van der Waals surface area contributed by atoms with Gasteiger partial charge in [-0.25, -0.2) is 4.39 Å². The lowest BCUT2D eigenvalue weighted by Gasteiger charge is -2.09. The van der Waals surface area contributed by atoms with Crippen LogP contribution in [0.5, 0.6) is 11.5 Å². The Morgan fingerprint density at radius 2 is 1.75 bits per heavy atom. The van der Waals surface area contributed by atoms with Crippen molar-refractivity contribution in [2.45, 2.75) is 6.54 Å². The van der Waals surface area contributed by atoms with Gasteiger partial charge in [-0.2, -0.15) is 13.1 Å². The SMILES string of the molecule is O=S(=O)(NCc1ccccc1F)Oc1ccccc1O. The van der Waals surface area contributed by atoms with Gasteiger partial charge in [0, 0.05) is 12.1 Å². The zero-order valence-electron chi connectivity index (χ0n) is 10.3. The Bertz CT molecular complexity index is 703. The maximum atomic E-state index is 13.3. The maximum Gasteiger partial charge on any atom is 0.383 e. The Morgan fingerprint density at radius 1 is 1.10 bits per heavy atom.